The highest BCUT2D eigenvalue weighted by Gasteiger charge is 2.36. The Labute approximate surface area is 162 Å². The second-order valence-corrected chi connectivity index (χ2v) is 7.56. The Morgan fingerprint density at radius 3 is 2.22 bits per heavy atom. The van der Waals surface area contributed by atoms with Crippen molar-refractivity contribution in [2.45, 2.75) is 26.7 Å². The first-order valence-corrected chi connectivity index (χ1v) is 9.42. The highest BCUT2D eigenvalue weighted by molar-refractivity contribution is 8.19. The van der Waals surface area contributed by atoms with Gasteiger partial charge in [0.2, 0.25) is 5.91 Å². The van der Waals surface area contributed by atoms with E-state index in [2.05, 4.69) is 19.2 Å². The first-order chi connectivity index (χ1) is 12.8. The van der Waals surface area contributed by atoms with Crippen LogP contribution in [0.1, 0.15) is 37.8 Å². The molecular formula is C21H20N2O3S. The van der Waals surface area contributed by atoms with Gasteiger partial charge in [-0.05, 0) is 59.1 Å². The Hall–Kier alpha value is -2.86. The summed E-state index contributed by atoms with van der Waals surface area (Å²) < 4.78 is 0. The summed E-state index contributed by atoms with van der Waals surface area (Å²) in [7, 11) is 0. The summed E-state index contributed by atoms with van der Waals surface area (Å²) in [5, 5.41) is 2.32. The van der Waals surface area contributed by atoms with Crippen LogP contribution in [-0.2, 0) is 9.59 Å². The lowest BCUT2D eigenvalue weighted by atomic mass is 10.0. The second kappa shape index (κ2) is 7.80. The first kappa shape index (κ1) is 18.9. The normalized spacial score (nSPS) is 15.7. The van der Waals surface area contributed by atoms with Gasteiger partial charge in [-0.1, -0.05) is 38.1 Å². The molecule has 0 atom stereocenters. The van der Waals surface area contributed by atoms with Gasteiger partial charge in [0.25, 0.3) is 11.1 Å². The van der Waals surface area contributed by atoms with Crippen molar-refractivity contribution in [2.24, 2.45) is 0 Å². The van der Waals surface area contributed by atoms with Crippen LogP contribution >= 0.6 is 11.8 Å². The predicted molar refractivity (Wildman–Crippen MR) is 110 cm³/mol. The van der Waals surface area contributed by atoms with Gasteiger partial charge in [0.15, 0.2) is 0 Å². The van der Waals surface area contributed by atoms with E-state index in [1.165, 1.54) is 12.5 Å². The van der Waals surface area contributed by atoms with Gasteiger partial charge in [0.1, 0.15) is 0 Å². The molecule has 2 aromatic rings. The number of carbonyl (C=O) groups excluding carboxylic acids is 3. The van der Waals surface area contributed by atoms with Crippen LogP contribution in [0.2, 0.25) is 0 Å². The minimum absolute atomic E-state index is 0.180. The SMILES string of the molecule is CC(=O)Nc1ccc(N2C(=O)S/C(=C\c3ccc(C(C)C)cc3)C2=O)cc1. The third-order valence-corrected chi connectivity index (χ3v) is 5.01. The fourth-order valence-corrected chi connectivity index (χ4v) is 3.56. The van der Waals surface area contributed by atoms with Crippen LogP contribution in [0.15, 0.2) is 53.4 Å². The Bertz CT molecular complexity index is 915. The predicted octanol–water partition coefficient (Wildman–Crippen LogP) is 5.01. The summed E-state index contributed by atoms with van der Waals surface area (Å²) in [6, 6.07) is 14.6. The minimum atomic E-state index is -0.342. The zero-order valence-electron chi connectivity index (χ0n) is 15.4. The summed E-state index contributed by atoms with van der Waals surface area (Å²) in [6.07, 6.45) is 1.74. The van der Waals surface area contributed by atoms with Crippen LogP contribution in [-0.4, -0.2) is 17.1 Å². The summed E-state index contributed by atoms with van der Waals surface area (Å²) in [6.45, 7) is 5.66. The molecule has 3 rings (SSSR count). The minimum Gasteiger partial charge on any atom is -0.326 e. The van der Waals surface area contributed by atoms with Gasteiger partial charge in [0.05, 0.1) is 10.6 Å². The molecule has 6 heteroatoms. The number of thioether (sulfide) groups is 1. The van der Waals surface area contributed by atoms with Crippen molar-refractivity contribution < 1.29 is 14.4 Å². The number of amides is 3. The Morgan fingerprint density at radius 1 is 1.04 bits per heavy atom. The number of hydrogen-bond acceptors (Lipinski definition) is 4. The average Bonchev–Trinajstić information content (AvgIpc) is 2.89. The van der Waals surface area contributed by atoms with Crippen molar-refractivity contribution in [2.75, 3.05) is 10.2 Å². The average molecular weight is 380 g/mol. The lowest BCUT2D eigenvalue weighted by Crippen LogP contribution is -2.27. The fourth-order valence-electron chi connectivity index (χ4n) is 2.72. The van der Waals surface area contributed by atoms with Gasteiger partial charge < -0.3 is 5.32 Å². The molecule has 0 spiro atoms. The van der Waals surface area contributed by atoms with Gasteiger partial charge in [-0.2, -0.15) is 0 Å². The molecule has 27 heavy (non-hydrogen) atoms. The molecule has 0 aromatic heterocycles. The van der Waals surface area contributed by atoms with E-state index in [1.54, 1.807) is 30.3 Å². The Morgan fingerprint density at radius 2 is 1.67 bits per heavy atom. The molecule has 0 unspecified atom stereocenters. The number of nitrogens with one attached hydrogen (secondary N) is 1. The second-order valence-electron chi connectivity index (χ2n) is 6.57. The zero-order valence-corrected chi connectivity index (χ0v) is 16.2. The number of imide groups is 1. The fraction of sp³-hybridized carbons (Fsp3) is 0.190. The molecule has 138 valence electrons. The van der Waals surface area contributed by atoms with E-state index < -0.39 is 0 Å². The highest BCUT2D eigenvalue weighted by atomic mass is 32.2. The molecule has 5 nitrogen and oxygen atoms in total. The summed E-state index contributed by atoms with van der Waals surface area (Å²) >= 11 is 0.926. The summed E-state index contributed by atoms with van der Waals surface area (Å²) in [5.74, 6) is -0.0859. The molecule has 2 aromatic carbocycles. The third kappa shape index (κ3) is 4.28. The molecule has 1 heterocycles. The van der Waals surface area contributed by atoms with Crippen molar-refractivity contribution in [3.8, 4) is 0 Å². The quantitative estimate of drug-likeness (QED) is 0.757. The smallest absolute Gasteiger partial charge is 0.298 e. The van der Waals surface area contributed by atoms with E-state index in [9.17, 15) is 14.4 Å². The molecule has 1 N–H and O–H groups in total. The third-order valence-electron chi connectivity index (χ3n) is 4.14. The maximum absolute atomic E-state index is 12.7. The molecule has 1 aliphatic rings. The zero-order chi connectivity index (χ0) is 19.6. The van der Waals surface area contributed by atoms with E-state index in [4.69, 9.17) is 0 Å². The first-order valence-electron chi connectivity index (χ1n) is 8.60. The molecule has 0 bridgehead atoms. The van der Waals surface area contributed by atoms with E-state index in [1.807, 2.05) is 24.3 Å². The number of rotatable bonds is 4. The maximum atomic E-state index is 12.7. The molecule has 1 fully saturated rings. The molecule has 1 aliphatic heterocycles. The molecular weight excluding hydrogens is 360 g/mol. The topological polar surface area (TPSA) is 66.5 Å². The van der Waals surface area contributed by atoms with Crippen LogP contribution in [0.4, 0.5) is 16.2 Å². The van der Waals surface area contributed by atoms with Crippen molar-refractivity contribution in [3.05, 3.63) is 64.6 Å². The van der Waals surface area contributed by atoms with Crippen LogP contribution in [0.3, 0.4) is 0 Å². The van der Waals surface area contributed by atoms with E-state index >= 15 is 0 Å². The molecule has 1 saturated heterocycles. The van der Waals surface area contributed by atoms with Crippen molar-refractivity contribution in [1.29, 1.82) is 0 Å². The van der Waals surface area contributed by atoms with Crippen molar-refractivity contribution in [1.82, 2.24) is 0 Å². The lowest BCUT2D eigenvalue weighted by molar-refractivity contribution is -0.114. The Kier molecular flexibility index (Phi) is 5.46. The summed E-state index contributed by atoms with van der Waals surface area (Å²) in [5.41, 5.74) is 3.19. The number of anilines is 2. The van der Waals surface area contributed by atoms with Crippen LogP contribution in [0.25, 0.3) is 6.08 Å². The van der Waals surface area contributed by atoms with E-state index in [-0.39, 0.29) is 17.1 Å². The number of carbonyl (C=O) groups is 3. The van der Waals surface area contributed by atoms with Gasteiger partial charge in [-0.3, -0.25) is 14.4 Å². The number of benzene rings is 2. The van der Waals surface area contributed by atoms with E-state index in [0.717, 1.165) is 22.2 Å². The van der Waals surface area contributed by atoms with Gasteiger partial charge in [0, 0.05) is 12.6 Å². The molecule has 0 saturated carbocycles. The molecule has 3 amide bonds. The van der Waals surface area contributed by atoms with Crippen LogP contribution in [0.5, 0.6) is 0 Å². The van der Waals surface area contributed by atoms with Crippen LogP contribution in [0, 0.1) is 0 Å². The standard InChI is InChI=1S/C21H20N2O3S/c1-13(2)16-6-4-15(5-7-16)12-19-20(25)23(21(26)27-19)18-10-8-17(9-11-18)22-14(3)24/h4-13H,1-3H3,(H,22,24)/b19-12-. The van der Waals surface area contributed by atoms with Gasteiger partial charge in [-0.15, -0.1) is 0 Å². The lowest BCUT2D eigenvalue weighted by Gasteiger charge is -2.13. The summed E-state index contributed by atoms with van der Waals surface area (Å²) in [4.78, 5) is 37.7. The molecule has 0 aliphatic carbocycles. The van der Waals surface area contributed by atoms with Gasteiger partial charge in [-0.25, -0.2) is 4.90 Å². The maximum Gasteiger partial charge on any atom is 0.298 e. The highest BCUT2D eigenvalue weighted by Crippen LogP contribution is 2.36. The van der Waals surface area contributed by atoms with Crippen molar-refractivity contribution in [3.63, 3.8) is 0 Å². The Balaban J connectivity index is 1.81. The molecule has 0 radical (unpaired) electrons. The monoisotopic (exact) mass is 380 g/mol. The number of nitrogens with zero attached hydrogens (tertiary/aromatic N) is 1. The van der Waals surface area contributed by atoms with Crippen LogP contribution < -0.4 is 10.2 Å². The number of hydrogen-bond donors (Lipinski definition) is 1. The van der Waals surface area contributed by atoms with Gasteiger partial charge >= 0.3 is 0 Å². The van der Waals surface area contributed by atoms with Crippen molar-refractivity contribution >= 4 is 46.3 Å². The largest absolute Gasteiger partial charge is 0.326 e. The van der Waals surface area contributed by atoms with E-state index in [0.29, 0.717) is 22.2 Å².